The fourth-order valence-electron chi connectivity index (χ4n) is 1.64. The van der Waals surface area contributed by atoms with Crippen LogP contribution in [-0.2, 0) is 0 Å². The van der Waals surface area contributed by atoms with E-state index in [2.05, 4.69) is 16.7 Å². The van der Waals surface area contributed by atoms with Gasteiger partial charge in [0.1, 0.15) is 0 Å². The fraction of sp³-hybridized carbons (Fsp3) is 0.778. The molecule has 0 N–H and O–H groups in total. The van der Waals surface area contributed by atoms with E-state index >= 15 is 0 Å². The molecule has 0 bridgehead atoms. The van der Waals surface area contributed by atoms with Gasteiger partial charge in [-0.15, -0.1) is 0 Å². The van der Waals surface area contributed by atoms with Gasteiger partial charge >= 0.3 is 0 Å². The van der Waals surface area contributed by atoms with Crippen LogP contribution in [0.15, 0.2) is 0 Å². The summed E-state index contributed by atoms with van der Waals surface area (Å²) >= 11 is 0. The molecule has 1 saturated heterocycles. The first kappa shape index (κ1) is 6.24. The summed E-state index contributed by atoms with van der Waals surface area (Å²) in [6.07, 6.45) is 5.33. The van der Waals surface area contributed by atoms with Gasteiger partial charge in [-0.05, 0) is 25.9 Å². The van der Waals surface area contributed by atoms with Crippen molar-refractivity contribution in [3.05, 3.63) is 0 Å². The van der Waals surface area contributed by atoms with Crippen LogP contribution in [0.1, 0.15) is 25.7 Å². The third-order valence-corrected chi connectivity index (χ3v) is 2.40. The number of hydrogen-bond donors (Lipinski definition) is 0. The molecule has 54 valence electrons. The lowest BCUT2D eigenvalue weighted by Gasteiger charge is -2.32. The van der Waals surface area contributed by atoms with Crippen LogP contribution in [0.5, 0.6) is 0 Å². The van der Waals surface area contributed by atoms with Gasteiger partial charge in [0.2, 0.25) is 0 Å². The average Bonchev–Trinajstić information content (AvgIpc) is 1.86. The van der Waals surface area contributed by atoms with E-state index < -0.39 is 0 Å². The predicted molar refractivity (Wildman–Crippen MR) is 41.6 cm³/mol. The highest BCUT2D eigenvalue weighted by Gasteiger charge is 2.20. The maximum absolute atomic E-state index is 3.19. The van der Waals surface area contributed by atoms with E-state index in [0.717, 1.165) is 6.42 Å². The van der Waals surface area contributed by atoms with E-state index in [-0.39, 0.29) is 0 Å². The van der Waals surface area contributed by atoms with Gasteiger partial charge in [0.15, 0.2) is 0 Å². The zero-order chi connectivity index (χ0) is 6.81. The van der Waals surface area contributed by atoms with Gasteiger partial charge < -0.3 is 0 Å². The Morgan fingerprint density at radius 3 is 2.30 bits per heavy atom. The van der Waals surface area contributed by atoms with E-state index in [4.69, 9.17) is 0 Å². The molecule has 0 saturated carbocycles. The Labute approximate surface area is 62.4 Å². The maximum Gasteiger partial charge on any atom is 0.0825 e. The summed E-state index contributed by atoms with van der Waals surface area (Å²) in [5.74, 6) is 6.26. The van der Waals surface area contributed by atoms with Crippen LogP contribution < -0.4 is 0 Å². The van der Waals surface area contributed by atoms with Crippen LogP contribution >= 0.6 is 0 Å². The van der Waals surface area contributed by atoms with Crippen molar-refractivity contribution < 1.29 is 0 Å². The SMILES string of the molecule is C1#CC(N2CCCCC2)C1. The van der Waals surface area contributed by atoms with Crippen LogP contribution in [-0.4, -0.2) is 24.0 Å². The van der Waals surface area contributed by atoms with E-state index in [0.29, 0.717) is 6.04 Å². The topological polar surface area (TPSA) is 3.24 Å². The van der Waals surface area contributed by atoms with Crippen LogP contribution in [0.4, 0.5) is 0 Å². The summed E-state index contributed by atoms with van der Waals surface area (Å²) < 4.78 is 0. The summed E-state index contributed by atoms with van der Waals surface area (Å²) in [6.45, 7) is 2.58. The van der Waals surface area contributed by atoms with E-state index in [1.54, 1.807) is 0 Å². The van der Waals surface area contributed by atoms with Crippen molar-refractivity contribution in [1.82, 2.24) is 4.90 Å². The Bertz CT molecular complexity index is 169. The number of likely N-dealkylation sites (tertiary alicyclic amines) is 1. The highest BCUT2D eigenvalue weighted by Crippen LogP contribution is 2.16. The zero-order valence-electron chi connectivity index (χ0n) is 6.27. The van der Waals surface area contributed by atoms with Gasteiger partial charge in [0.05, 0.1) is 6.04 Å². The molecule has 0 amide bonds. The number of hydrogen-bond acceptors (Lipinski definition) is 1. The minimum absolute atomic E-state index is 0.639. The first-order valence-electron chi connectivity index (χ1n) is 4.19. The van der Waals surface area contributed by atoms with Crippen LogP contribution in [0, 0.1) is 11.8 Å². The Hall–Kier alpha value is -0.480. The Kier molecular flexibility index (Phi) is 1.65. The normalized spacial score (nSPS) is 32.2. The summed E-state index contributed by atoms with van der Waals surface area (Å²) in [6, 6.07) is 0.639. The molecule has 1 unspecified atom stereocenters. The van der Waals surface area contributed by atoms with Crippen molar-refractivity contribution in [2.75, 3.05) is 13.1 Å². The highest BCUT2D eigenvalue weighted by atomic mass is 15.2. The predicted octanol–water partition coefficient (Wildman–Crippen LogP) is 1.25. The molecule has 1 heterocycles. The van der Waals surface area contributed by atoms with Crippen molar-refractivity contribution in [3.8, 4) is 11.8 Å². The number of nitrogens with zero attached hydrogens (tertiary/aromatic N) is 1. The first-order chi connectivity index (χ1) is 4.97. The Morgan fingerprint density at radius 1 is 1.10 bits per heavy atom. The lowest BCUT2D eigenvalue weighted by Crippen LogP contribution is -2.40. The molecule has 0 aromatic carbocycles. The Morgan fingerprint density at radius 2 is 1.80 bits per heavy atom. The van der Waals surface area contributed by atoms with Crippen LogP contribution in [0.3, 0.4) is 0 Å². The molecule has 0 aromatic rings. The maximum atomic E-state index is 3.19. The lowest BCUT2D eigenvalue weighted by molar-refractivity contribution is 0.192. The zero-order valence-corrected chi connectivity index (χ0v) is 6.27. The molecule has 2 rings (SSSR count). The lowest BCUT2D eigenvalue weighted by atomic mass is 10.0. The molecule has 0 aromatic heterocycles. The second-order valence-corrected chi connectivity index (χ2v) is 3.14. The van der Waals surface area contributed by atoms with Gasteiger partial charge in [0, 0.05) is 6.42 Å². The van der Waals surface area contributed by atoms with Crippen molar-refractivity contribution in [3.63, 3.8) is 0 Å². The molecule has 1 nitrogen and oxygen atoms in total. The van der Waals surface area contributed by atoms with E-state index in [1.165, 1.54) is 32.4 Å². The van der Waals surface area contributed by atoms with Crippen molar-refractivity contribution in [2.24, 2.45) is 0 Å². The van der Waals surface area contributed by atoms with E-state index in [9.17, 15) is 0 Å². The molecule has 1 aliphatic heterocycles. The van der Waals surface area contributed by atoms with Gasteiger partial charge in [0.25, 0.3) is 0 Å². The molecule has 1 fully saturated rings. The molecule has 10 heavy (non-hydrogen) atoms. The molecular weight excluding hydrogens is 122 g/mol. The Balaban J connectivity index is 1.87. The van der Waals surface area contributed by atoms with Crippen LogP contribution in [0.25, 0.3) is 0 Å². The van der Waals surface area contributed by atoms with Gasteiger partial charge in [-0.25, -0.2) is 0 Å². The molecule has 1 heteroatoms. The second-order valence-electron chi connectivity index (χ2n) is 3.14. The summed E-state index contributed by atoms with van der Waals surface area (Å²) in [5, 5.41) is 0. The van der Waals surface area contributed by atoms with Crippen LogP contribution in [0.2, 0.25) is 0 Å². The second kappa shape index (κ2) is 2.64. The molecule has 0 spiro atoms. The van der Waals surface area contributed by atoms with Gasteiger partial charge in [-0.1, -0.05) is 18.3 Å². The quantitative estimate of drug-likeness (QED) is 0.489. The van der Waals surface area contributed by atoms with Gasteiger partial charge in [-0.3, -0.25) is 4.90 Å². The average molecular weight is 135 g/mol. The van der Waals surface area contributed by atoms with Crippen molar-refractivity contribution in [1.29, 1.82) is 0 Å². The van der Waals surface area contributed by atoms with Gasteiger partial charge in [-0.2, -0.15) is 0 Å². The van der Waals surface area contributed by atoms with Crippen molar-refractivity contribution >= 4 is 0 Å². The summed E-state index contributed by atoms with van der Waals surface area (Å²) in [5.41, 5.74) is 0. The molecule has 2 aliphatic rings. The molecule has 0 radical (unpaired) electrons. The fourth-order valence-corrected chi connectivity index (χ4v) is 1.64. The summed E-state index contributed by atoms with van der Waals surface area (Å²) in [4.78, 5) is 2.53. The molecule has 1 aliphatic carbocycles. The first-order valence-corrected chi connectivity index (χ1v) is 4.19. The summed E-state index contributed by atoms with van der Waals surface area (Å²) in [7, 11) is 0. The number of piperidine rings is 1. The molecule has 1 atom stereocenters. The molecular formula is C9H13N. The van der Waals surface area contributed by atoms with Crippen molar-refractivity contribution in [2.45, 2.75) is 31.7 Å². The smallest absolute Gasteiger partial charge is 0.0825 e. The minimum atomic E-state index is 0.639. The number of rotatable bonds is 1. The monoisotopic (exact) mass is 135 g/mol. The van der Waals surface area contributed by atoms with E-state index in [1.807, 2.05) is 0 Å². The largest absolute Gasteiger partial charge is 0.289 e. The standard InChI is InChI=1S/C9H13N/c1-2-7-10(8-3-1)9-5-4-6-9/h9H,1-3,5,7-8H2. The highest BCUT2D eigenvalue weighted by molar-refractivity contribution is 5.21. The third-order valence-electron chi connectivity index (χ3n) is 2.40. The third kappa shape index (κ3) is 1.04. The minimum Gasteiger partial charge on any atom is -0.289 e.